The maximum Gasteiger partial charge on any atom is 0.123 e. The Balaban J connectivity index is 1.58. The average Bonchev–Trinajstić information content (AvgIpc) is 2.73. The lowest BCUT2D eigenvalue weighted by Gasteiger charge is -2.41. The van der Waals surface area contributed by atoms with Gasteiger partial charge in [-0.15, -0.1) is 0 Å². The van der Waals surface area contributed by atoms with E-state index in [2.05, 4.69) is 28.0 Å². The largest absolute Gasteiger partial charge is 0.494 e. The van der Waals surface area contributed by atoms with E-state index in [1.54, 1.807) is 12.1 Å². The Bertz CT molecular complexity index is 779. The molecule has 1 N–H and O–H groups in total. The van der Waals surface area contributed by atoms with Crippen molar-refractivity contribution in [1.82, 2.24) is 9.80 Å². The van der Waals surface area contributed by atoms with Gasteiger partial charge in [0, 0.05) is 50.9 Å². The van der Waals surface area contributed by atoms with Gasteiger partial charge in [0.2, 0.25) is 0 Å². The summed E-state index contributed by atoms with van der Waals surface area (Å²) in [5, 5.41) is 9.56. The van der Waals surface area contributed by atoms with Crippen molar-refractivity contribution < 1.29 is 14.2 Å². The molecule has 2 aromatic carbocycles. The molecule has 0 amide bonds. The molecule has 4 nitrogen and oxygen atoms in total. The van der Waals surface area contributed by atoms with Crippen LogP contribution >= 0.6 is 0 Å². The van der Waals surface area contributed by atoms with Gasteiger partial charge < -0.3 is 9.84 Å². The molecular weight excluding hydrogens is 367 g/mol. The second-order valence-corrected chi connectivity index (χ2v) is 7.39. The number of piperazine rings is 1. The van der Waals surface area contributed by atoms with Crippen LogP contribution in [0, 0.1) is 5.82 Å². The van der Waals surface area contributed by atoms with Crippen molar-refractivity contribution in [3.63, 3.8) is 0 Å². The Morgan fingerprint density at radius 3 is 2.69 bits per heavy atom. The highest BCUT2D eigenvalue weighted by molar-refractivity contribution is 5.49. The topological polar surface area (TPSA) is 35.9 Å². The summed E-state index contributed by atoms with van der Waals surface area (Å²) in [6.45, 7) is 7.39. The van der Waals surface area contributed by atoms with E-state index in [4.69, 9.17) is 4.74 Å². The highest BCUT2D eigenvalue weighted by Gasteiger charge is 2.26. The van der Waals surface area contributed by atoms with Gasteiger partial charge >= 0.3 is 0 Å². The van der Waals surface area contributed by atoms with Crippen LogP contribution in [0.2, 0.25) is 0 Å². The Hall–Kier alpha value is -2.21. The minimum atomic E-state index is -0.212. The quantitative estimate of drug-likeness (QED) is 0.697. The molecule has 1 aliphatic rings. The van der Waals surface area contributed by atoms with Gasteiger partial charge in [0.15, 0.2) is 0 Å². The number of hydrogen-bond acceptors (Lipinski definition) is 4. The summed E-state index contributed by atoms with van der Waals surface area (Å²) in [7, 11) is 0. The van der Waals surface area contributed by atoms with Crippen LogP contribution in [-0.2, 0) is 6.54 Å². The fourth-order valence-electron chi connectivity index (χ4n) is 3.82. The molecule has 1 saturated heterocycles. The zero-order valence-electron chi connectivity index (χ0n) is 17.1. The van der Waals surface area contributed by atoms with Gasteiger partial charge in [-0.05, 0) is 37.1 Å². The van der Waals surface area contributed by atoms with E-state index in [1.807, 2.05) is 25.1 Å². The van der Waals surface area contributed by atoms with E-state index in [1.165, 1.54) is 17.7 Å². The van der Waals surface area contributed by atoms with Crippen molar-refractivity contribution in [3.8, 4) is 5.75 Å². The first-order chi connectivity index (χ1) is 14.2. The third-order valence-electron chi connectivity index (χ3n) is 5.34. The number of para-hydroxylation sites is 1. The Labute approximate surface area is 173 Å². The van der Waals surface area contributed by atoms with Crippen LogP contribution in [0.4, 0.5) is 4.39 Å². The Morgan fingerprint density at radius 2 is 1.93 bits per heavy atom. The van der Waals surface area contributed by atoms with E-state index >= 15 is 0 Å². The maximum atomic E-state index is 13.0. The van der Waals surface area contributed by atoms with Crippen LogP contribution in [0.1, 0.15) is 24.5 Å². The molecule has 156 valence electrons. The van der Waals surface area contributed by atoms with Crippen LogP contribution in [0.5, 0.6) is 5.75 Å². The van der Waals surface area contributed by atoms with Gasteiger partial charge in [0.25, 0.3) is 0 Å². The molecule has 2 aromatic rings. The molecule has 3 rings (SSSR count). The molecule has 0 saturated carbocycles. The van der Waals surface area contributed by atoms with E-state index in [0.717, 1.165) is 50.5 Å². The molecule has 5 heteroatoms. The molecule has 1 fully saturated rings. The summed E-state index contributed by atoms with van der Waals surface area (Å²) in [6, 6.07) is 15.0. The lowest BCUT2D eigenvalue weighted by Crippen LogP contribution is -2.52. The van der Waals surface area contributed by atoms with Crippen LogP contribution < -0.4 is 4.74 Å². The smallest absolute Gasteiger partial charge is 0.123 e. The predicted molar refractivity (Wildman–Crippen MR) is 115 cm³/mol. The first-order valence-electron chi connectivity index (χ1n) is 10.4. The molecular formula is C24H31FN2O2. The number of halogens is 1. The van der Waals surface area contributed by atoms with Crippen LogP contribution in [0.25, 0.3) is 6.08 Å². The minimum absolute atomic E-state index is 0.188. The minimum Gasteiger partial charge on any atom is -0.494 e. The zero-order valence-corrected chi connectivity index (χ0v) is 17.1. The second kappa shape index (κ2) is 11.1. The van der Waals surface area contributed by atoms with E-state index in [-0.39, 0.29) is 12.4 Å². The first kappa shape index (κ1) is 21.5. The van der Waals surface area contributed by atoms with E-state index in [0.29, 0.717) is 12.6 Å². The van der Waals surface area contributed by atoms with Crippen molar-refractivity contribution in [2.24, 2.45) is 0 Å². The summed E-state index contributed by atoms with van der Waals surface area (Å²) in [6.07, 6.45) is 4.92. The fraction of sp³-hybridized carbons (Fsp3) is 0.417. The molecule has 29 heavy (non-hydrogen) atoms. The molecule has 0 radical (unpaired) electrons. The lowest BCUT2D eigenvalue weighted by molar-refractivity contribution is 0.0590. The second-order valence-electron chi connectivity index (χ2n) is 7.39. The Morgan fingerprint density at radius 1 is 1.14 bits per heavy atom. The zero-order chi connectivity index (χ0) is 20.5. The summed E-state index contributed by atoms with van der Waals surface area (Å²) < 4.78 is 18.8. The van der Waals surface area contributed by atoms with Crippen molar-refractivity contribution in [3.05, 3.63) is 71.6 Å². The van der Waals surface area contributed by atoms with Gasteiger partial charge in [-0.3, -0.25) is 9.80 Å². The SMILES string of the molecule is CCOc1ccccc1CN1CCN(C/C=C/c2ccc(F)cc2)C[C@H]1CCO. The number of rotatable bonds is 9. The van der Waals surface area contributed by atoms with Crippen LogP contribution in [0.15, 0.2) is 54.6 Å². The fourth-order valence-corrected chi connectivity index (χ4v) is 3.82. The third kappa shape index (κ3) is 6.39. The monoisotopic (exact) mass is 398 g/mol. The normalized spacial score (nSPS) is 18.4. The number of nitrogens with zero attached hydrogens (tertiary/aromatic N) is 2. The number of benzene rings is 2. The number of ether oxygens (including phenoxy) is 1. The summed E-state index contributed by atoms with van der Waals surface area (Å²) in [4.78, 5) is 4.86. The molecule has 0 unspecified atom stereocenters. The molecule has 1 heterocycles. The highest BCUT2D eigenvalue weighted by Crippen LogP contribution is 2.23. The Kier molecular flexibility index (Phi) is 8.23. The van der Waals surface area contributed by atoms with Gasteiger partial charge in [-0.2, -0.15) is 0 Å². The van der Waals surface area contributed by atoms with Crippen LogP contribution in [0.3, 0.4) is 0 Å². The van der Waals surface area contributed by atoms with Gasteiger partial charge in [-0.25, -0.2) is 4.39 Å². The average molecular weight is 399 g/mol. The van der Waals surface area contributed by atoms with Gasteiger partial charge in [0.1, 0.15) is 11.6 Å². The summed E-state index contributed by atoms with van der Waals surface area (Å²) in [5.41, 5.74) is 2.20. The maximum absolute atomic E-state index is 13.0. The standard InChI is InChI=1S/C24H31FN2O2/c1-2-29-24-8-4-3-7-21(24)18-27-16-15-26(19-23(27)13-17-28)14-5-6-20-9-11-22(25)12-10-20/h3-12,23,28H,2,13-19H2,1H3/b6-5+/t23-/m1/s1. The molecule has 1 atom stereocenters. The van der Waals surface area contributed by atoms with Crippen molar-refractivity contribution in [2.75, 3.05) is 39.4 Å². The predicted octanol–water partition coefficient (Wildman–Crippen LogP) is 3.81. The molecule has 0 bridgehead atoms. The molecule has 0 aliphatic carbocycles. The van der Waals surface area contributed by atoms with Gasteiger partial charge in [-0.1, -0.05) is 42.5 Å². The van der Waals surface area contributed by atoms with Crippen molar-refractivity contribution >= 4 is 6.08 Å². The molecule has 1 aliphatic heterocycles. The summed E-state index contributed by atoms with van der Waals surface area (Å²) in [5.74, 6) is 0.735. The van der Waals surface area contributed by atoms with Gasteiger partial charge in [0.05, 0.1) is 6.61 Å². The summed E-state index contributed by atoms with van der Waals surface area (Å²) >= 11 is 0. The number of hydrogen-bond donors (Lipinski definition) is 1. The first-order valence-corrected chi connectivity index (χ1v) is 10.4. The van der Waals surface area contributed by atoms with E-state index < -0.39 is 0 Å². The molecule has 0 spiro atoms. The van der Waals surface area contributed by atoms with E-state index in [9.17, 15) is 9.50 Å². The van der Waals surface area contributed by atoms with Crippen molar-refractivity contribution in [1.29, 1.82) is 0 Å². The van der Waals surface area contributed by atoms with Crippen LogP contribution in [-0.4, -0.2) is 60.3 Å². The third-order valence-corrected chi connectivity index (χ3v) is 5.34. The highest BCUT2D eigenvalue weighted by atomic mass is 19.1. The lowest BCUT2D eigenvalue weighted by atomic mass is 10.1. The van der Waals surface area contributed by atoms with Crippen molar-refractivity contribution in [2.45, 2.75) is 25.9 Å². The molecule has 0 aromatic heterocycles. The number of aliphatic hydroxyl groups is 1. The number of aliphatic hydroxyl groups excluding tert-OH is 1.